The molecule has 0 fully saturated rings. The van der Waals surface area contributed by atoms with Crippen molar-refractivity contribution < 1.29 is 0 Å². The van der Waals surface area contributed by atoms with Gasteiger partial charge in [-0.05, 0) is 22.9 Å². The van der Waals surface area contributed by atoms with Crippen LogP contribution < -0.4 is 0 Å². The van der Waals surface area contributed by atoms with Crippen LogP contribution in [0.2, 0.25) is 0 Å². The Morgan fingerprint density at radius 3 is 1.67 bits per heavy atom. The highest BCUT2D eigenvalue weighted by molar-refractivity contribution is 5.10. The third kappa shape index (κ3) is 1.92. The molecule has 12 heavy (non-hydrogen) atoms. The van der Waals surface area contributed by atoms with Crippen LogP contribution in [0, 0.1) is 11.8 Å². The molecule has 0 heterocycles. The van der Waals surface area contributed by atoms with E-state index in [4.69, 9.17) is 11.1 Å². The van der Waals surface area contributed by atoms with Crippen LogP contribution in [0.25, 0.3) is 20.9 Å². The summed E-state index contributed by atoms with van der Waals surface area (Å²) in [7, 11) is 0. The first kappa shape index (κ1) is 8.46. The third-order valence-corrected chi connectivity index (χ3v) is 1.87. The van der Waals surface area contributed by atoms with E-state index < -0.39 is 0 Å². The Bertz CT molecular complexity index is 242. The highest BCUT2D eigenvalue weighted by Crippen LogP contribution is 2.25. The summed E-state index contributed by atoms with van der Waals surface area (Å²) < 4.78 is 0. The first-order chi connectivity index (χ1) is 5.88. The summed E-state index contributed by atoms with van der Waals surface area (Å²) in [5.41, 5.74) is 16.1. The minimum atomic E-state index is 0.256. The van der Waals surface area contributed by atoms with Crippen LogP contribution in [-0.2, 0) is 0 Å². The van der Waals surface area contributed by atoms with Gasteiger partial charge in [0.2, 0.25) is 0 Å². The molecule has 0 aromatic heterocycles. The molecule has 0 aromatic rings. The molecule has 0 radical (unpaired) electrons. The normalized spacial score (nSPS) is 25.0. The first-order valence-corrected chi connectivity index (χ1v) is 3.58. The standard InChI is InChI=1S/C6H8N6/c7-11-9-3-5-1-2-6(5)4-10-12-8/h1-2,5-6H,3-4H2/t5-,6+. The second kappa shape index (κ2) is 4.28. The van der Waals surface area contributed by atoms with Crippen LogP contribution in [0.1, 0.15) is 0 Å². The van der Waals surface area contributed by atoms with Crippen LogP contribution in [0.3, 0.4) is 0 Å². The van der Waals surface area contributed by atoms with E-state index in [2.05, 4.69) is 20.1 Å². The van der Waals surface area contributed by atoms with Crippen LogP contribution in [0.15, 0.2) is 22.4 Å². The Hall–Kier alpha value is -1.64. The van der Waals surface area contributed by atoms with Crippen molar-refractivity contribution in [3.05, 3.63) is 33.0 Å². The number of nitrogens with zero attached hydrogens (tertiary/aromatic N) is 6. The molecule has 0 saturated heterocycles. The number of hydrogen-bond acceptors (Lipinski definition) is 2. The van der Waals surface area contributed by atoms with Crippen LogP contribution in [-0.4, -0.2) is 13.1 Å². The summed E-state index contributed by atoms with van der Waals surface area (Å²) in [5.74, 6) is 0.512. The monoisotopic (exact) mass is 164 g/mol. The molecule has 0 aromatic carbocycles. The summed E-state index contributed by atoms with van der Waals surface area (Å²) >= 11 is 0. The molecule has 0 spiro atoms. The minimum Gasteiger partial charge on any atom is -0.0933 e. The highest BCUT2D eigenvalue weighted by atomic mass is 15.1. The number of azide groups is 2. The van der Waals surface area contributed by atoms with E-state index in [9.17, 15) is 0 Å². The van der Waals surface area contributed by atoms with E-state index in [0.29, 0.717) is 13.1 Å². The van der Waals surface area contributed by atoms with Gasteiger partial charge in [0.05, 0.1) is 0 Å². The Kier molecular flexibility index (Phi) is 3.02. The van der Waals surface area contributed by atoms with Gasteiger partial charge in [-0.15, -0.1) is 0 Å². The fraction of sp³-hybridized carbons (Fsp3) is 0.667. The molecule has 2 atom stereocenters. The predicted octanol–water partition coefficient (Wildman–Crippen LogP) is 2.41. The minimum absolute atomic E-state index is 0.256. The van der Waals surface area contributed by atoms with E-state index in [-0.39, 0.29) is 11.8 Å². The van der Waals surface area contributed by atoms with Crippen molar-refractivity contribution in [2.75, 3.05) is 13.1 Å². The van der Waals surface area contributed by atoms with Crippen molar-refractivity contribution in [2.45, 2.75) is 0 Å². The first-order valence-electron chi connectivity index (χ1n) is 3.58. The van der Waals surface area contributed by atoms with Gasteiger partial charge >= 0.3 is 0 Å². The fourth-order valence-corrected chi connectivity index (χ4v) is 1.08. The number of hydrogen-bond donors (Lipinski definition) is 0. The van der Waals surface area contributed by atoms with Gasteiger partial charge in [-0.25, -0.2) is 0 Å². The van der Waals surface area contributed by atoms with Gasteiger partial charge < -0.3 is 0 Å². The van der Waals surface area contributed by atoms with Crippen LogP contribution >= 0.6 is 0 Å². The Labute approximate surface area is 69.1 Å². The molecule has 1 aliphatic carbocycles. The highest BCUT2D eigenvalue weighted by Gasteiger charge is 2.21. The van der Waals surface area contributed by atoms with E-state index in [1.807, 2.05) is 12.2 Å². The molecule has 6 heteroatoms. The van der Waals surface area contributed by atoms with E-state index in [1.54, 1.807) is 0 Å². The molecule has 1 aliphatic rings. The summed E-state index contributed by atoms with van der Waals surface area (Å²) in [6, 6.07) is 0. The molecule has 0 aliphatic heterocycles. The van der Waals surface area contributed by atoms with Crippen molar-refractivity contribution in [3.8, 4) is 0 Å². The molecule has 1 rings (SSSR count). The summed E-state index contributed by atoms with van der Waals surface area (Å²) in [5, 5.41) is 6.89. The Morgan fingerprint density at radius 2 is 1.42 bits per heavy atom. The lowest BCUT2D eigenvalue weighted by molar-refractivity contribution is 0.442. The van der Waals surface area contributed by atoms with Crippen LogP contribution in [0.5, 0.6) is 0 Å². The van der Waals surface area contributed by atoms with Crippen molar-refractivity contribution in [1.29, 1.82) is 0 Å². The van der Waals surface area contributed by atoms with Gasteiger partial charge in [0.1, 0.15) is 0 Å². The number of rotatable bonds is 4. The lowest BCUT2D eigenvalue weighted by Gasteiger charge is -2.26. The lowest BCUT2D eigenvalue weighted by atomic mass is 9.82. The molecule has 0 amide bonds. The van der Waals surface area contributed by atoms with Crippen LogP contribution in [0.4, 0.5) is 0 Å². The largest absolute Gasteiger partial charge is 0.0933 e. The van der Waals surface area contributed by atoms with Gasteiger partial charge in [-0.2, -0.15) is 0 Å². The van der Waals surface area contributed by atoms with E-state index >= 15 is 0 Å². The average Bonchev–Trinajstić information content (AvgIpc) is 2.04. The molecule has 6 nitrogen and oxygen atoms in total. The van der Waals surface area contributed by atoms with Gasteiger partial charge in [0.25, 0.3) is 0 Å². The van der Waals surface area contributed by atoms with Crippen molar-refractivity contribution >= 4 is 0 Å². The second-order valence-electron chi connectivity index (χ2n) is 2.54. The molecule has 62 valence electrons. The lowest BCUT2D eigenvalue weighted by Crippen LogP contribution is -2.23. The van der Waals surface area contributed by atoms with Crippen molar-refractivity contribution in [2.24, 2.45) is 22.1 Å². The summed E-state index contributed by atoms with van der Waals surface area (Å²) in [4.78, 5) is 5.32. The predicted molar refractivity (Wildman–Crippen MR) is 44.1 cm³/mol. The smallest absolute Gasteiger partial charge is 0.0326 e. The zero-order valence-corrected chi connectivity index (χ0v) is 6.41. The third-order valence-electron chi connectivity index (χ3n) is 1.87. The molecule has 0 unspecified atom stereocenters. The maximum atomic E-state index is 8.05. The van der Waals surface area contributed by atoms with Gasteiger partial charge in [-0.3, -0.25) is 0 Å². The van der Waals surface area contributed by atoms with Crippen molar-refractivity contribution in [1.82, 2.24) is 0 Å². The van der Waals surface area contributed by atoms with E-state index in [1.165, 1.54) is 0 Å². The second-order valence-corrected chi connectivity index (χ2v) is 2.54. The van der Waals surface area contributed by atoms with Crippen molar-refractivity contribution in [3.63, 3.8) is 0 Å². The quantitative estimate of drug-likeness (QED) is 0.264. The molecule has 0 bridgehead atoms. The fourth-order valence-electron chi connectivity index (χ4n) is 1.08. The Balaban J connectivity index is 2.35. The molecular weight excluding hydrogens is 156 g/mol. The van der Waals surface area contributed by atoms with E-state index in [0.717, 1.165) is 0 Å². The summed E-state index contributed by atoms with van der Waals surface area (Å²) in [6.07, 6.45) is 3.93. The SMILES string of the molecule is [N-]=[N+]=NC[C@H]1C=C[C@H]1CN=[N+]=[N-]. The zero-order valence-electron chi connectivity index (χ0n) is 6.41. The molecule has 0 N–H and O–H groups in total. The topological polar surface area (TPSA) is 97.5 Å². The maximum Gasteiger partial charge on any atom is 0.0326 e. The molecule has 0 saturated carbocycles. The maximum absolute atomic E-state index is 8.05. The average molecular weight is 164 g/mol. The van der Waals surface area contributed by atoms with Gasteiger partial charge in [-0.1, -0.05) is 22.4 Å². The zero-order chi connectivity index (χ0) is 8.81. The molecular formula is C6H8N6. The van der Waals surface area contributed by atoms with Gasteiger partial charge in [0.15, 0.2) is 0 Å². The Morgan fingerprint density at radius 1 is 1.00 bits per heavy atom. The van der Waals surface area contributed by atoms with Gasteiger partial charge in [0, 0.05) is 22.9 Å². The summed E-state index contributed by atoms with van der Waals surface area (Å²) in [6.45, 7) is 0.914.